The van der Waals surface area contributed by atoms with Gasteiger partial charge in [-0.1, -0.05) is 18.5 Å². The van der Waals surface area contributed by atoms with E-state index in [1.807, 2.05) is 27.7 Å². The first-order valence-corrected chi connectivity index (χ1v) is 8.87. The van der Waals surface area contributed by atoms with E-state index in [-0.39, 0.29) is 17.5 Å². The van der Waals surface area contributed by atoms with Crippen molar-refractivity contribution in [2.24, 2.45) is 5.16 Å². The maximum atomic E-state index is 12.6. The molecule has 126 valence electrons. The Balaban J connectivity index is 2.28. The smallest absolute Gasteiger partial charge is 0.168 e. The Bertz CT molecular complexity index is 627. The minimum atomic E-state index is -0.0730. The standard InChI is InChI=1S/C17H24N2O3S/c1-5-7-13(19-22-6-2)16-14(20)8-12(9-15(16)21)17-18-10(3)11(4)23-17/h12,20H,5-9H2,1-4H3/b19-13+. The van der Waals surface area contributed by atoms with Gasteiger partial charge in [0.15, 0.2) is 5.78 Å². The van der Waals surface area contributed by atoms with Crippen molar-refractivity contribution in [1.29, 1.82) is 0 Å². The molecular formula is C17H24N2O3S. The van der Waals surface area contributed by atoms with Gasteiger partial charge in [-0.2, -0.15) is 0 Å². The van der Waals surface area contributed by atoms with Crippen LogP contribution in [0.4, 0.5) is 0 Å². The quantitative estimate of drug-likeness (QED) is 0.624. The summed E-state index contributed by atoms with van der Waals surface area (Å²) in [5.74, 6) is -0.00145. The van der Waals surface area contributed by atoms with E-state index < -0.39 is 0 Å². The number of hydrogen-bond donors (Lipinski definition) is 1. The van der Waals surface area contributed by atoms with Gasteiger partial charge in [-0.15, -0.1) is 11.3 Å². The van der Waals surface area contributed by atoms with Crippen LogP contribution in [-0.2, 0) is 9.63 Å². The van der Waals surface area contributed by atoms with Crippen LogP contribution in [-0.4, -0.2) is 28.2 Å². The first-order chi connectivity index (χ1) is 11.0. The fourth-order valence-corrected chi connectivity index (χ4v) is 3.69. The second-order valence-corrected chi connectivity index (χ2v) is 6.98. The number of hydrogen-bond acceptors (Lipinski definition) is 6. The zero-order valence-corrected chi connectivity index (χ0v) is 15.0. The minimum Gasteiger partial charge on any atom is -0.511 e. The number of carbonyl (C=O) groups is 1. The lowest BCUT2D eigenvalue weighted by Crippen LogP contribution is -2.24. The monoisotopic (exact) mass is 336 g/mol. The molecule has 0 amide bonds. The average Bonchev–Trinajstić information content (AvgIpc) is 2.83. The molecule has 0 bridgehead atoms. The molecule has 23 heavy (non-hydrogen) atoms. The number of aliphatic hydroxyl groups is 1. The zero-order chi connectivity index (χ0) is 17.0. The summed E-state index contributed by atoms with van der Waals surface area (Å²) in [6.45, 7) is 8.28. The van der Waals surface area contributed by atoms with Crippen LogP contribution in [0, 0.1) is 13.8 Å². The van der Waals surface area contributed by atoms with Crippen molar-refractivity contribution in [2.75, 3.05) is 6.61 Å². The van der Waals surface area contributed by atoms with E-state index >= 15 is 0 Å². The van der Waals surface area contributed by atoms with Gasteiger partial charge in [0, 0.05) is 23.6 Å². The molecule has 0 fully saturated rings. The van der Waals surface area contributed by atoms with Gasteiger partial charge in [0.05, 0.1) is 22.0 Å². The molecule has 5 nitrogen and oxygen atoms in total. The highest BCUT2D eigenvalue weighted by Gasteiger charge is 2.33. The number of rotatable bonds is 6. The number of ketones is 1. The minimum absolute atomic E-state index is 0.0429. The number of allylic oxidation sites excluding steroid dienone is 2. The Morgan fingerprint density at radius 2 is 2.13 bits per heavy atom. The number of aliphatic hydroxyl groups excluding tert-OH is 1. The largest absolute Gasteiger partial charge is 0.511 e. The van der Waals surface area contributed by atoms with Crippen molar-refractivity contribution >= 4 is 22.8 Å². The number of oxime groups is 1. The maximum Gasteiger partial charge on any atom is 0.168 e. The van der Waals surface area contributed by atoms with Crippen molar-refractivity contribution in [3.8, 4) is 0 Å². The van der Waals surface area contributed by atoms with Crippen molar-refractivity contribution in [3.05, 3.63) is 26.9 Å². The van der Waals surface area contributed by atoms with Crippen molar-refractivity contribution in [1.82, 2.24) is 4.98 Å². The SMILES string of the molecule is CCC/C(=N\OCC)C1=C(O)CC(c2nc(C)c(C)s2)CC1=O. The molecule has 0 aliphatic heterocycles. The summed E-state index contributed by atoms with van der Waals surface area (Å²) in [4.78, 5) is 23.4. The summed E-state index contributed by atoms with van der Waals surface area (Å²) in [6, 6.07) is 0. The van der Waals surface area contributed by atoms with Gasteiger partial charge in [-0.05, 0) is 27.2 Å². The van der Waals surface area contributed by atoms with E-state index in [0.717, 1.165) is 22.0 Å². The zero-order valence-electron chi connectivity index (χ0n) is 14.2. The van der Waals surface area contributed by atoms with Crippen molar-refractivity contribution in [3.63, 3.8) is 0 Å². The van der Waals surface area contributed by atoms with Gasteiger partial charge in [0.25, 0.3) is 0 Å². The third-order valence-corrected chi connectivity index (χ3v) is 5.15. The molecule has 0 aromatic carbocycles. The molecular weight excluding hydrogens is 312 g/mol. The highest BCUT2D eigenvalue weighted by molar-refractivity contribution is 7.11. The molecule has 1 atom stereocenters. The second-order valence-electron chi connectivity index (χ2n) is 5.75. The molecule has 1 aliphatic rings. The van der Waals surface area contributed by atoms with E-state index in [1.54, 1.807) is 11.3 Å². The van der Waals surface area contributed by atoms with Crippen molar-refractivity contribution in [2.45, 2.75) is 59.3 Å². The molecule has 0 spiro atoms. The predicted molar refractivity (Wildman–Crippen MR) is 92.2 cm³/mol. The van der Waals surface area contributed by atoms with Crippen LogP contribution in [0.25, 0.3) is 0 Å². The number of thiazole rings is 1. The van der Waals surface area contributed by atoms with Crippen LogP contribution in [0.3, 0.4) is 0 Å². The lowest BCUT2D eigenvalue weighted by molar-refractivity contribution is -0.116. The lowest BCUT2D eigenvalue weighted by atomic mass is 9.84. The number of aromatic nitrogens is 1. The molecule has 1 aromatic heterocycles. The molecule has 1 heterocycles. The fourth-order valence-electron chi connectivity index (χ4n) is 2.66. The molecule has 1 unspecified atom stereocenters. The summed E-state index contributed by atoms with van der Waals surface area (Å²) in [5.41, 5.74) is 1.90. The average molecular weight is 336 g/mol. The predicted octanol–water partition coefficient (Wildman–Crippen LogP) is 4.21. The van der Waals surface area contributed by atoms with Crippen LogP contribution in [0.1, 0.15) is 61.0 Å². The number of aryl methyl sites for hydroxylation is 2. The van der Waals surface area contributed by atoms with Gasteiger partial charge in [0.2, 0.25) is 0 Å². The Labute approximate surface area is 141 Å². The van der Waals surface area contributed by atoms with E-state index in [9.17, 15) is 9.90 Å². The van der Waals surface area contributed by atoms with Gasteiger partial charge >= 0.3 is 0 Å². The molecule has 0 saturated heterocycles. The van der Waals surface area contributed by atoms with Gasteiger partial charge in [-0.3, -0.25) is 4.79 Å². The van der Waals surface area contributed by atoms with Crippen LogP contribution in [0.5, 0.6) is 0 Å². The summed E-state index contributed by atoms with van der Waals surface area (Å²) < 4.78 is 0. The van der Waals surface area contributed by atoms with Gasteiger partial charge in [0.1, 0.15) is 12.4 Å². The second kappa shape index (κ2) is 7.73. The van der Waals surface area contributed by atoms with E-state index in [0.29, 0.717) is 37.2 Å². The lowest BCUT2D eigenvalue weighted by Gasteiger charge is -2.22. The van der Waals surface area contributed by atoms with E-state index in [1.165, 1.54) is 0 Å². The molecule has 1 aromatic rings. The summed E-state index contributed by atoms with van der Waals surface area (Å²) in [5, 5.41) is 15.4. The van der Waals surface area contributed by atoms with E-state index in [4.69, 9.17) is 4.84 Å². The van der Waals surface area contributed by atoms with Crippen LogP contribution in [0.15, 0.2) is 16.5 Å². The topological polar surface area (TPSA) is 71.8 Å². The number of carbonyl (C=O) groups excluding carboxylic acids is 1. The molecule has 1 aliphatic carbocycles. The van der Waals surface area contributed by atoms with Crippen LogP contribution < -0.4 is 0 Å². The first-order valence-electron chi connectivity index (χ1n) is 8.06. The number of nitrogens with zero attached hydrogens (tertiary/aromatic N) is 2. The normalized spacial score (nSPS) is 19.4. The Morgan fingerprint density at radius 3 is 2.65 bits per heavy atom. The first kappa shape index (κ1) is 17.7. The van der Waals surface area contributed by atoms with Gasteiger partial charge in [-0.25, -0.2) is 4.98 Å². The third-order valence-electron chi connectivity index (χ3n) is 3.91. The van der Waals surface area contributed by atoms with Crippen LogP contribution >= 0.6 is 11.3 Å². The van der Waals surface area contributed by atoms with E-state index in [2.05, 4.69) is 10.1 Å². The van der Waals surface area contributed by atoms with Gasteiger partial charge < -0.3 is 9.94 Å². The Hall–Kier alpha value is -1.69. The summed E-state index contributed by atoms with van der Waals surface area (Å²) in [7, 11) is 0. The summed E-state index contributed by atoms with van der Waals surface area (Å²) in [6.07, 6.45) is 2.25. The third kappa shape index (κ3) is 3.99. The number of Topliss-reactive ketones (excluding diaryl/α,β-unsaturated/α-hetero) is 1. The molecule has 2 rings (SSSR count). The van der Waals surface area contributed by atoms with Crippen LogP contribution in [0.2, 0.25) is 0 Å². The Morgan fingerprint density at radius 1 is 1.39 bits per heavy atom. The Kier molecular flexibility index (Phi) is 5.93. The highest BCUT2D eigenvalue weighted by Crippen LogP contribution is 2.37. The highest BCUT2D eigenvalue weighted by atomic mass is 32.1. The maximum absolute atomic E-state index is 12.6. The molecule has 6 heteroatoms. The fraction of sp³-hybridized carbons (Fsp3) is 0.588. The molecule has 0 saturated carbocycles. The molecule has 1 N–H and O–H groups in total. The molecule has 0 radical (unpaired) electrons. The van der Waals surface area contributed by atoms with Crippen molar-refractivity contribution < 1.29 is 14.7 Å². The summed E-state index contributed by atoms with van der Waals surface area (Å²) >= 11 is 1.61.